The predicted octanol–water partition coefficient (Wildman–Crippen LogP) is 4.10. The van der Waals surface area contributed by atoms with Crippen LogP contribution in [-0.4, -0.2) is 28.4 Å². The van der Waals surface area contributed by atoms with Crippen LogP contribution in [0.15, 0.2) is 54.7 Å². The zero-order valence-corrected chi connectivity index (χ0v) is 14.0. The standard InChI is InChI=1S/C19H17F3N2O2/c1-26-16-8-4-14(5-9-16)18-23-17(19(20,21)22)12-24(18)15-6-2-13(3-7-15)10-11-25/h2-9,12,25H,10-11H2,1H3. The maximum absolute atomic E-state index is 13.2. The van der Waals surface area contributed by atoms with Gasteiger partial charge in [0.25, 0.3) is 0 Å². The Kier molecular flexibility index (Phi) is 4.99. The number of hydrogen-bond donors (Lipinski definition) is 1. The van der Waals surface area contributed by atoms with Gasteiger partial charge in [0.1, 0.15) is 11.6 Å². The maximum Gasteiger partial charge on any atom is 0.434 e. The molecule has 0 atom stereocenters. The Bertz CT molecular complexity index is 869. The molecule has 0 aliphatic carbocycles. The van der Waals surface area contributed by atoms with E-state index in [1.807, 2.05) is 0 Å². The molecule has 0 bridgehead atoms. The molecule has 0 aliphatic rings. The molecule has 4 nitrogen and oxygen atoms in total. The number of alkyl halides is 3. The van der Waals surface area contributed by atoms with Crippen molar-refractivity contribution in [2.75, 3.05) is 13.7 Å². The van der Waals surface area contributed by atoms with E-state index in [0.717, 1.165) is 11.8 Å². The third-order valence-corrected chi connectivity index (χ3v) is 3.96. The lowest BCUT2D eigenvalue weighted by Gasteiger charge is -2.09. The fraction of sp³-hybridized carbons (Fsp3) is 0.211. The Balaban J connectivity index is 2.08. The second kappa shape index (κ2) is 7.21. The van der Waals surface area contributed by atoms with Gasteiger partial charge in [-0.1, -0.05) is 12.1 Å². The fourth-order valence-corrected chi connectivity index (χ4v) is 2.61. The second-order valence-corrected chi connectivity index (χ2v) is 5.69. The van der Waals surface area contributed by atoms with Crippen molar-refractivity contribution in [3.63, 3.8) is 0 Å². The summed E-state index contributed by atoms with van der Waals surface area (Å²) in [5.41, 5.74) is 1.04. The van der Waals surface area contributed by atoms with Gasteiger partial charge in [0.15, 0.2) is 5.69 Å². The van der Waals surface area contributed by atoms with Crippen molar-refractivity contribution < 1.29 is 23.0 Å². The van der Waals surface area contributed by atoms with Gasteiger partial charge in [-0.25, -0.2) is 4.98 Å². The summed E-state index contributed by atoms with van der Waals surface area (Å²) >= 11 is 0. The third-order valence-electron chi connectivity index (χ3n) is 3.96. The SMILES string of the molecule is COc1ccc(-c2nc(C(F)(F)F)cn2-c2ccc(CCO)cc2)cc1. The van der Waals surface area contributed by atoms with Crippen molar-refractivity contribution in [1.29, 1.82) is 0 Å². The molecule has 0 saturated carbocycles. The van der Waals surface area contributed by atoms with Gasteiger partial charge in [-0.15, -0.1) is 0 Å². The van der Waals surface area contributed by atoms with Gasteiger partial charge < -0.3 is 9.84 Å². The molecule has 0 fully saturated rings. The molecule has 7 heteroatoms. The number of benzene rings is 2. The van der Waals surface area contributed by atoms with Gasteiger partial charge in [0.05, 0.1) is 7.11 Å². The first-order chi connectivity index (χ1) is 12.4. The summed E-state index contributed by atoms with van der Waals surface area (Å²) in [6.45, 7) is 0.0136. The van der Waals surface area contributed by atoms with Crippen molar-refractivity contribution in [3.05, 3.63) is 66.0 Å². The maximum atomic E-state index is 13.2. The van der Waals surface area contributed by atoms with Crippen LogP contribution >= 0.6 is 0 Å². The van der Waals surface area contributed by atoms with E-state index in [0.29, 0.717) is 23.4 Å². The van der Waals surface area contributed by atoms with E-state index < -0.39 is 11.9 Å². The van der Waals surface area contributed by atoms with E-state index >= 15 is 0 Å². The van der Waals surface area contributed by atoms with Crippen molar-refractivity contribution in [2.24, 2.45) is 0 Å². The van der Waals surface area contributed by atoms with Gasteiger partial charge >= 0.3 is 6.18 Å². The van der Waals surface area contributed by atoms with E-state index in [1.165, 1.54) is 11.7 Å². The van der Waals surface area contributed by atoms with Crippen LogP contribution in [-0.2, 0) is 12.6 Å². The number of aliphatic hydroxyl groups excluding tert-OH is 1. The van der Waals surface area contributed by atoms with E-state index in [4.69, 9.17) is 9.84 Å². The Hall–Kier alpha value is -2.80. The van der Waals surface area contributed by atoms with Crippen LogP contribution in [0.5, 0.6) is 5.75 Å². The molecule has 136 valence electrons. The van der Waals surface area contributed by atoms with E-state index in [9.17, 15) is 13.2 Å². The number of nitrogens with zero attached hydrogens (tertiary/aromatic N) is 2. The molecule has 3 rings (SSSR count). The zero-order chi connectivity index (χ0) is 18.7. The normalized spacial score (nSPS) is 11.6. The summed E-state index contributed by atoms with van der Waals surface area (Å²) < 4.78 is 46.0. The molecule has 0 amide bonds. The van der Waals surface area contributed by atoms with Crippen molar-refractivity contribution in [1.82, 2.24) is 9.55 Å². The van der Waals surface area contributed by atoms with Gasteiger partial charge in [0.2, 0.25) is 0 Å². The van der Waals surface area contributed by atoms with Crippen LogP contribution in [0.2, 0.25) is 0 Å². The summed E-state index contributed by atoms with van der Waals surface area (Å²) in [6, 6.07) is 13.6. The molecule has 0 unspecified atom stereocenters. The first-order valence-corrected chi connectivity index (χ1v) is 7.93. The lowest BCUT2D eigenvalue weighted by atomic mass is 10.1. The number of methoxy groups -OCH3 is 1. The highest BCUT2D eigenvalue weighted by atomic mass is 19.4. The first-order valence-electron chi connectivity index (χ1n) is 7.93. The molecule has 2 aromatic carbocycles. The molecule has 0 aliphatic heterocycles. The number of imidazole rings is 1. The average Bonchev–Trinajstić information content (AvgIpc) is 3.08. The Labute approximate surface area is 148 Å². The van der Waals surface area contributed by atoms with Gasteiger partial charge in [0, 0.05) is 24.1 Å². The average molecular weight is 362 g/mol. The van der Waals surface area contributed by atoms with Crippen LogP contribution < -0.4 is 4.74 Å². The molecule has 0 saturated heterocycles. The number of aromatic nitrogens is 2. The largest absolute Gasteiger partial charge is 0.497 e. The first kappa shape index (κ1) is 18.0. The number of rotatable bonds is 5. The quantitative estimate of drug-likeness (QED) is 0.743. The number of aliphatic hydroxyl groups is 1. The monoisotopic (exact) mass is 362 g/mol. The molecule has 1 heterocycles. The van der Waals surface area contributed by atoms with Crippen LogP contribution in [0, 0.1) is 0 Å². The molecule has 26 heavy (non-hydrogen) atoms. The minimum absolute atomic E-state index is 0.0136. The van der Waals surface area contributed by atoms with Crippen molar-refractivity contribution >= 4 is 0 Å². The Morgan fingerprint density at radius 2 is 1.69 bits per heavy atom. The van der Waals surface area contributed by atoms with Crippen LogP contribution in [0.4, 0.5) is 13.2 Å². The molecule has 1 aromatic heterocycles. The van der Waals surface area contributed by atoms with Crippen LogP contribution in [0.1, 0.15) is 11.3 Å². The summed E-state index contributed by atoms with van der Waals surface area (Å²) in [4.78, 5) is 3.80. The second-order valence-electron chi connectivity index (χ2n) is 5.69. The van der Waals surface area contributed by atoms with Crippen molar-refractivity contribution in [3.8, 4) is 22.8 Å². The highest BCUT2D eigenvalue weighted by Gasteiger charge is 2.35. The van der Waals surface area contributed by atoms with Gasteiger partial charge in [-0.05, 0) is 48.4 Å². The topological polar surface area (TPSA) is 47.3 Å². The Morgan fingerprint density at radius 1 is 1.04 bits per heavy atom. The number of hydrogen-bond acceptors (Lipinski definition) is 3. The number of ether oxygens (including phenoxy) is 1. The molecular formula is C19H17F3N2O2. The summed E-state index contributed by atoms with van der Waals surface area (Å²) in [5, 5.41) is 8.98. The van der Waals surface area contributed by atoms with Crippen LogP contribution in [0.3, 0.4) is 0 Å². The molecular weight excluding hydrogens is 345 g/mol. The lowest BCUT2D eigenvalue weighted by molar-refractivity contribution is -0.140. The third kappa shape index (κ3) is 3.72. The zero-order valence-electron chi connectivity index (χ0n) is 14.0. The predicted molar refractivity (Wildman–Crippen MR) is 91.3 cm³/mol. The summed E-state index contributed by atoms with van der Waals surface area (Å²) in [6.07, 6.45) is -3.06. The molecule has 0 radical (unpaired) electrons. The molecule has 3 aromatic rings. The lowest BCUT2D eigenvalue weighted by Crippen LogP contribution is -2.05. The summed E-state index contributed by atoms with van der Waals surface area (Å²) in [5.74, 6) is 0.797. The van der Waals surface area contributed by atoms with Crippen LogP contribution in [0.25, 0.3) is 17.1 Å². The highest BCUT2D eigenvalue weighted by molar-refractivity contribution is 5.60. The van der Waals surface area contributed by atoms with E-state index in [1.54, 1.807) is 48.5 Å². The van der Waals surface area contributed by atoms with E-state index in [2.05, 4.69) is 4.98 Å². The Morgan fingerprint density at radius 3 is 2.23 bits per heavy atom. The van der Waals surface area contributed by atoms with Gasteiger partial charge in [-0.3, -0.25) is 4.57 Å². The smallest absolute Gasteiger partial charge is 0.434 e. The minimum Gasteiger partial charge on any atom is -0.497 e. The minimum atomic E-state index is -4.54. The summed E-state index contributed by atoms with van der Waals surface area (Å²) in [7, 11) is 1.52. The van der Waals surface area contributed by atoms with E-state index in [-0.39, 0.29) is 12.4 Å². The highest BCUT2D eigenvalue weighted by Crippen LogP contribution is 2.33. The van der Waals surface area contributed by atoms with Gasteiger partial charge in [-0.2, -0.15) is 13.2 Å². The fourth-order valence-electron chi connectivity index (χ4n) is 2.61. The molecule has 0 spiro atoms. The molecule has 1 N–H and O–H groups in total. The number of halogens is 3. The van der Waals surface area contributed by atoms with Crippen molar-refractivity contribution in [2.45, 2.75) is 12.6 Å².